The summed E-state index contributed by atoms with van der Waals surface area (Å²) in [6, 6.07) is 10.6. The van der Waals surface area contributed by atoms with E-state index in [4.69, 9.17) is 25.2 Å². The molecule has 9 heteroatoms. The standard InChI is InChI=1S/C33H40N6O3/c1-32(42-3)18-33(19-32)15-27(33)39-28-24(12-22(14-26(28)41-2)31(40)37-11-5-7-23(34)17-37)36-30(39)25-13-21-6-4-10-35-29(21)38(25)16-20-8-9-20/h4,6,10,12-14,20,23,27H,5,7-9,11,15-19,34H2,1-3H3/t23-,27?,32?,33?/m1/s1. The number of benzene rings is 1. The minimum atomic E-state index is -0.0743. The average Bonchev–Trinajstić information content (AvgIpc) is 3.87. The van der Waals surface area contributed by atoms with Crippen LogP contribution in [-0.4, -0.2) is 68.9 Å². The smallest absolute Gasteiger partial charge is 0.254 e. The summed E-state index contributed by atoms with van der Waals surface area (Å²) in [5.74, 6) is 2.29. The van der Waals surface area contributed by atoms with Crippen molar-refractivity contribution in [3.8, 4) is 17.3 Å². The number of fused-ring (bicyclic) bond motifs is 2. The molecule has 42 heavy (non-hydrogen) atoms. The third kappa shape index (κ3) is 4.07. The summed E-state index contributed by atoms with van der Waals surface area (Å²) >= 11 is 0. The number of nitrogens with zero attached hydrogens (tertiary/aromatic N) is 5. The first-order valence-electron chi connectivity index (χ1n) is 15.5. The number of carbonyl (C=O) groups excluding carboxylic acids is 1. The molecule has 1 aliphatic heterocycles. The van der Waals surface area contributed by atoms with Crippen LogP contribution in [0.15, 0.2) is 36.5 Å². The van der Waals surface area contributed by atoms with E-state index >= 15 is 0 Å². The van der Waals surface area contributed by atoms with Crippen LogP contribution < -0.4 is 10.5 Å². The Bertz CT molecular complexity index is 1710. The Morgan fingerprint density at radius 1 is 1.17 bits per heavy atom. The Balaban J connectivity index is 1.30. The summed E-state index contributed by atoms with van der Waals surface area (Å²) in [5, 5.41) is 1.12. The van der Waals surface area contributed by atoms with Gasteiger partial charge in [0.15, 0.2) is 5.82 Å². The van der Waals surface area contributed by atoms with Gasteiger partial charge in [-0.3, -0.25) is 4.79 Å². The zero-order valence-corrected chi connectivity index (χ0v) is 24.8. The fraction of sp³-hybridized carbons (Fsp3) is 0.545. The zero-order chi connectivity index (χ0) is 28.8. The highest BCUT2D eigenvalue weighted by Crippen LogP contribution is 2.73. The Morgan fingerprint density at radius 3 is 2.74 bits per heavy atom. The van der Waals surface area contributed by atoms with E-state index < -0.39 is 0 Å². The van der Waals surface area contributed by atoms with E-state index in [0.29, 0.717) is 23.8 Å². The van der Waals surface area contributed by atoms with E-state index in [-0.39, 0.29) is 29.0 Å². The lowest BCUT2D eigenvalue weighted by Crippen LogP contribution is -2.45. The molecule has 4 aliphatic rings. The van der Waals surface area contributed by atoms with Crippen molar-refractivity contribution in [2.24, 2.45) is 17.1 Å². The van der Waals surface area contributed by atoms with Gasteiger partial charge >= 0.3 is 0 Å². The van der Waals surface area contributed by atoms with Gasteiger partial charge in [-0.1, -0.05) is 0 Å². The molecule has 8 rings (SSSR count). The molecule has 2 atom stereocenters. The number of likely N-dealkylation sites (tertiary alicyclic amines) is 1. The van der Waals surface area contributed by atoms with Crippen molar-refractivity contribution in [2.75, 3.05) is 27.3 Å². The van der Waals surface area contributed by atoms with Gasteiger partial charge in [0, 0.05) is 56.0 Å². The van der Waals surface area contributed by atoms with Gasteiger partial charge in [0.1, 0.15) is 16.9 Å². The maximum Gasteiger partial charge on any atom is 0.254 e. The fourth-order valence-electron chi connectivity index (χ4n) is 8.00. The van der Waals surface area contributed by atoms with Crippen molar-refractivity contribution in [1.29, 1.82) is 0 Å². The summed E-state index contributed by atoms with van der Waals surface area (Å²) < 4.78 is 16.7. The maximum atomic E-state index is 13.7. The van der Waals surface area contributed by atoms with Gasteiger partial charge in [-0.25, -0.2) is 9.97 Å². The highest BCUT2D eigenvalue weighted by atomic mass is 16.5. The molecule has 2 N–H and O–H groups in total. The SMILES string of the molecule is COc1cc(C(=O)N2CCC[C@@H](N)C2)cc2nc(-c3cc4cccnc4n3CC3CC3)n(C3CC34CC(C)(OC)C4)c12. The van der Waals surface area contributed by atoms with E-state index in [1.807, 2.05) is 36.4 Å². The number of methoxy groups -OCH3 is 2. The third-order valence-corrected chi connectivity index (χ3v) is 10.4. The predicted molar refractivity (Wildman–Crippen MR) is 162 cm³/mol. The Kier molecular flexibility index (Phi) is 5.79. The van der Waals surface area contributed by atoms with E-state index in [9.17, 15) is 4.79 Å². The quantitative estimate of drug-likeness (QED) is 0.330. The molecule has 0 radical (unpaired) electrons. The number of aromatic nitrogens is 4. The lowest BCUT2D eigenvalue weighted by Gasteiger charge is -2.45. The van der Waals surface area contributed by atoms with Crippen molar-refractivity contribution < 1.29 is 14.3 Å². The molecule has 0 bridgehead atoms. The molecule has 1 aromatic carbocycles. The molecule has 4 heterocycles. The average molecular weight is 569 g/mol. The summed E-state index contributed by atoms with van der Waals surface area (Å²) in [7, 11) is 3.52. The van der Waals surface area contributed by atoms with Crippen molar-refractivity contribution >= 4 is 28.0 Å². The van der Waals surface area contributed by atoms with E-state index in [0.717, 1.165) is 78.8 Å². The first-order chi connectivity index (χ1) is 20.3. The number of hydrogen-bond donors (Lipinski definition) is 1. The lowest BCUT2D eigenvalue weighted by atomic mass is 9.68. The molecule has 3 aromatic heterocycles. The highest BCUT2D eigenvalue weighted by Gasteiger charge is 2.67. The lowest BCUT2D eigenvalue weighted by molar-refractivity contribution is -0.105. The van der Waals surface area contributed by atoms with Crippen molar-refractivity contribution in [3.63, 3.8) is 0 Å². The molecule has 1 saturated heterocycles. The number of amides is 1. The van der Waals surface area contributed by atoms with Crippen LogP contribution in [-0.2, 0) is 11.3 Å². The van der Waals surface area contributed by atoms with Crippen molar-refractivity contribution in [3.05, 3.63) is 42.1 Å². The zero-order valence-electron chi connectivity index (χ0n) is 24.8. The third-order valence-electron chi connectivity index (χ3n) is 10.4. The van der Waals surface area contributed by atoms with Gasteiger partial charge in [0.25, 0.3) is 5.91 Å². The Labute approximate surface area is 246 Å². The number of hydrogen-bond acceptors (Lipinski definition) is 6. The molecule has 1 amide bonds. The topological polar surface area (TPSA) is 100 Å². The van der Waals surface area contributed by atoms with Crippen LogP contribution in [0, 0.1) is 11.3 Å². The van der Waals surface area contributed by atoms with Gasteiger partial charge in [0.05, 0.1) is 23.9 Å². The second kappa shape index (κ2) is 9.28. The minimum Gasteiger partial charge on any atom is -0.494 e. The van der Waals surface area contributed by atoms with E-state index in [1.54, 1.807) is 7.11 Å². The van der Waals surface area contributed by atoms with Crippen LogP contribution in [0.4, 0.5) is 0 Å². The number of piperidine rings is 1. The molecule has 1 unspecified atom stereocenters. The molecular weight excluding hydrogens is 528 g/mol. The van der Waals surface area contributed by atoms with Crippen LogP contribution in [0.3, 0.4) is 0 Å². The number of carbonyl (C=O) groups is 1. The number of ether oxygens (including phenoxy) is 2. The number of pyridine rings is 1. The number of nitrogens with two attached hydrogens (primary N) is 1. The molecule has 4 fully saturated rings. The maximum absolute atomic E-state index is 13.7. The van der Waals surface area contributed by atoms with Crippen molar-refractivity contribution in [1.82, 2.24) is 24.0 Å². The molecular formula is C33H40N6O3. The van der Waals surface area contributed by atoms with Crippen LogP contribution >= 0.6 is 0 Å². The van der Waals surface area contributed by atoms with Gasteiger partial charge < -0.3 is 29.2 Å². The molecule has 3 aliphatic carbocycles. The van der Waals surface area contributed by atoms with Gasteiger partial charge in [0.2, 0.25) is 0 Å². The van der Waals surface area contributed by atoms with Crippen LogP contribution in [0.1, 0.15) is 68.3 Å². The minimum absolute atomic E-state index is 0.00811. The molecule has 9 nitrogen and oxygen atoms in total. The summed E-state index contributed by atoms with van der Waals surface area (Å²) in [5.41, 5.74) is 10.8. The van der Waals surface area contributed by atoms with Gasteiger partial charge in [-0.05, 0) is 93.5 Å². The number of imidazole rings is 1. The second-order valence-corrected chi connectivity index (χ2v) is 13.6. The van der Waals surface area contributed by atoms with Crippen LogP contribution in [0.5, 0.6) is 5.75 Å². The second-order valence-electron chi connectivity index (χ2n) is 13.6. The molecule has 1 spiro atoms. The Hall–Kier alpha value is -3.43. The number of rotatable bonds is 7. The first kappa shape index (κ1) is 26.2. The highest BCUT2D eigenvalue weighted by molar-refractivity contribution is 6.00. The first-order valence-corrected chi connectivity index (χ1v) is 15.5. The largest absolute Gasteiger partial charge is 0.494 e. The summed E-state index contributed by atoms with van der Waals surface area (Å²) in [4.78, 5) is 25.7. The Morgan fingerprint density at radius 2 is 2.00 bits per heavy atom. The van der Waals surface area contributed by atoms with Crippen molar-refractivity contribution in [2.45, 2.75) is 76.1 Å². The van der Waals surface area contributed by atoms with E-state index in [2.05, 4.69) is 28.2 Å². The molecule has 220 valence electrons. The summed E-state index contributed by atoms with van der Waals surface area (Å²) in [6.07, 6.45) is 9.40. The van der Waals surface area contributed by atoms with Crippen LogP contribution in [0.2, 0.25) is 0 Å². The van der Waals surface area contributed by atoms with E-state index in [1.165, 1.54) is 12.8 Å². The monoisotopic (exact) mass is 568 g/mol. The molecule has 3 saturated carbocycles. The van der Waals surface area contributed by atoms with Gasteiger partial charge in [-0.15, -0.1) is 0 Å². The van der Waals surface area contributed by atoms with Crippen LogP contribution in [0.25, 0.3) is 33.6 Å². The van der Waals surface area contributed by atoms with Gasteiger partial charge in [-0.2, -0.15) is 0 Å². The predicted octanol–water partition coefficient (Wildman–Crippen LogP) is 5.17. The fourth-order valence-corrected chi connectivity index (χ4v) is 8.00. The normalized spacial score (nSPS) is 28.9. The summed E-state index contributed by atoms with van der Waals surface area (Å²) in [6.45, 7) is 4.46. The molecule has 4 aromatic rings.